The van der Waals surface area contributed by atoms with Crippen molar-refractivity contribution in [3.05, 3.63) is 77.9 Å². The van der Waals surface area contributed by atoms with Crippen molar-refractivity contribution in [1.82, 2.24) is 19.7 Å². The SMILES string of the molecule is CC(c1ccc(-n2cncn2)cc1)N(C)C(=O)C1CCCc2ccccc21. The van der Waals surface area contributed by atoms with Gasteiger partial charge in [0.2, 0.25) is 5.91 Å². The second-order valence-corrected chi connectivity index (χ2v) is 7.20. The molecule has 3 aromatic rings. The quantitative estimate of drug-likeness (QED) is 0.709. The normalized spacial score (nSPS) is 17.2. The van der Waals surface area contributed by atoms with Crippen LogP contribution in [0.3, 0.4) is 0 Å². The van der Waals surface area contributed by atoms with Gasteiger partial charge >= 0.3 is 0 Å². The summed E-state index contributed by atoms with van der Waals surface area (Å²) in [6.45, 7) is 2.08. The number of hydrogen-bond acceptors (Lipinski definition) is 3. The van der Waals surface area contributed by atoms with E-state index in [2.05, 4.69) is 47.3 Å². The van der Waals surface area contributed by atoms with Gasteiger partial charge in [-0.15, -0.1) is 0 Å². The van der Waals surface area contributed by atoms with Crippen LogP contribution in [0.4, 0.5) is 0 Å². The number of benzene rings is 2. The van der Waals surface area contributed by atoms with Crippen molar-refractivity contribution >= 4 is 5.91 Å². The van der Waals surface area contributed by atoms with Crippen molar-refractivity contribution < 1.29 is 4.79 Å². The Morgan fingerprint density at radius 1 is 1.19 bits per heavy atom. The summed E-state index contributed by atoms with van der Waals surface area (Å²) in [6.07, 6.45) is 6.27. The minimum Gasteiger partial charge on any atom is -0.338 e. The number of likely N-dealkylation sites (N-methyl/N-ethyl adjacent to an activating group) is 1. The van der Waals surface area contributed by atoms with E-state index in [1.807, 2.05) is 30.1 Å². The minimum absolute atomic E-state index is 0.0105. The summed E-state index contributed by atoms with van der Waals surface area (Å²) in [6, 6.07) is 16.5. The molecule has 1 amide bonds. The van der Waals surface area contributed by atoms with E-state index in [1.54, 1.807) is 11.0 Å². The summed E-state index contributed by atoms with van der Waals surface area (Å²) >= 11 is 0. The molecule has 0 spiro atoms. The lowest BCUT2D eigenvalue weighted by atomic mass is 9.82. The number of hydrogen-bond donors (Lipinski definition) is 0. The Labute approximate surface area is 159 Å². The van der Waals surface area contributed by atoms with Gasteiger partial charge in [-0.05, 0) is 55.0 Å². The topological polar surface area (TPSA) is 51.0 Å². The van der Waals surface area contributed by atoms with Gasteiger partial charge in [0.25, 0.3) is 0 Å². The number of aromatic nitrogens is 3. The molecule has 1 aliphatic rings. The third kappa shape index (κ3) is 3.37. The van der Waals surface area contributed by atoms with Crippen molar-refractivity contribution in [2.45, 2.75) is 38.1 Å². The molecule has 2 unspecified atom stereocenters. The Bertz CT molecular complexity index is 918. The number of rotatable bonds is 4. The summed E-state index contributed by atoms with van der Waals surface area (Å²) in [5.74, 6) is 0.173. The van der Waals surface area contributed by atoms with Crippen LogP contribution >= 0.6 is 0 Å². The molecule has 5 heteroatoms. The zero-order chi connectivity index (χ0) is 18.8. The molecule has 1 heterocycles. The van der Waals surface area contributed by atoms with E-state index in [0.717, 1.165) is 30.5 Å². The summed E-state index contributed by atoms with van der Waals surface area (Å²) in [7, 11) is 1.91. The molecule has 1 aromatic heterocycles. The molecule has 2 atom stereocenters. The zero-order valence-electron chi connectivity index (χ0n) is 15.7. The van der Waals surface area contributed by atoms with Crippen LogP contribution in [0.2, 0.25) is 0 Å². The van der Waals surface area contributed by atoms with Gasteiger partial charge in [-0.2, -0.15) is 5.10 Å². The van der Waals surface area contributed by atoms with Crippen LogP contribution in [-0.4, -0.2) is 32.6 Å². The fraction of sp³-hybridized carbons (Fsp3) is 0.318. The largest absolute Gasteiger partial charge is 0.338 e. The molecule has 0 radical (unpaired) electrons. The maximum absolute atomic E-state index is 13.2. The van der Waals surface area contributed by atoms with Gasteiger partial charge in [0.05, 0.1) is 17.6 Å². The number of nitrogens with zero attached hydrogens (tertiary/aromatic N) is 4. The van der Waals surface area contributed by atoms with Crippen LogP contribution in [-0.2, 0) is 11.2 Å². The molecule has 27 heavy (non-hydrogen) atoms. The highest BCUT2D eigenvalue weighted by Crippen LogP contribution is 2.34. The van der Waals surface area contributed by atoms with Gasteiger partial charge in [-0.1, -0.05) is 36.4 Å². The van der Waals surface area contributed by atoms with Crippen LogP contribution in [0.5, 0.6) is 0 Å². The first-order chi connectivity index (χ1) is 13.1. The monoisotopic (exact) mass is 360 g/mol. The lowest BCUT2D eigenvalue weighted by Crippen LogP contribution is -2.35. The second kappa shape index (κ2) is 7.35. The summed E-state index contributed by atoms with van der Waals surface area (Å²) in [5.41, 5.74) is 4.59. The summed E-state index contributed by atoms with van der Waals surface area (Å²) < 4.78 is 1.72. The molecule has 1 aliphatic carbocycles. The van der Waals surface area contributed by atoms with E-state index in [4.69, 9.17) is 0 Å². The van der Waals surface area contributed by atoms with Gasteiger partial charge in [-0.25, -0.2) is 9.67 Å². The first kappa shape index (κ1) is 17.5. The van der Waals surface area contributed by atoms with Gasteiger partial charge in [0.1, 0.15) is 12.7 Å². The molecule has 0 saturated carbocycles. The average molecular weight is 360 g/mol. The molecule has 0 bridgehead atoms. The van der Waals surface area contributed by atoms with Gasteiger partial charge in [-0.3, -0.25) is 4.79 Å². The predicted octanol–water partition coefficient (Wildman–Crippen LogP) is 3.91. The van der Waals surface area contributed by atoms with Crippen LogP contribution in [0.1, 0.15) is 48.4 Å². The van der Waals surface area contributed by atoms with E-state index >= 15 is 0 Å². The maximum Gasteiger partial charge on any atom is 0.230 e. The lowest BCUT2D eigenvalue weighted by molar-refractivity contribution is -0.133. The Kier molecular flexibility index (Phi) is 4.75. The summed E-state index contributed by atoms with van der Waals surface area (Å²) in [5, 5.41) is 4.15. The predicted molar refractivity (Wildman–Crippen MR) is 105 cm³/mol. The molecule has 0 aliphatic heterocycles. The van der Waals surface area contributed by atoms with E-state index in [9.17, 15) is 4.79 Å². The van der Waals surface area contributed by atoms with E-state index in [-0.39, 0.29) is 17.9 Å². The highest BCUT2D eigenvalue weighted by Gasteiger charge is 2.30. The molecule has 5 nitrogen and oxygen atoms in total. The van der Waals surface area contributed by atoms with Gasteiger partial charge < -0.3 is 4.90 Å². The Balaban J connectivity index is 1.52. The van der Waals surface area contributed by atoms with Crippen molar-refractivity contribution in [2.75, 3.05) is 7.05 Å². The van der Waals surface area contributed by atoms with Crippen molar-refractivity contribution in [2.24, 2.45) is 0 Å². The van der Waals surface area contributed by atoms with Crippen LogP contribution in [0, 0.1) is 0 Å². The third-order valence-corrected chi connectivity index (χ3v) is 5.65. The van der Waals surface area contributed by atoms with Gasteiger partial charge in [0.15, 0.2) is 0 Å². The first-order valence-corrected chi connectivity index (χ1v) is 9.44. The zero-order valence-corrected chi connectivity index (χ0v) is 15.7. The second-order valence-electron chi connectivity index (χ2n) is 7.20. The van der Waals surface area contributed by atoms with E-state index in [0.29, 0.717) is 0 Å². The number of aryl methyl sites for hydroxylation is 1. The average Bonchev–Trinajstić information content (AvgIpc) is 3.27. The number of amides is 1. The van der Waals surface area contributed by atoms with E-state index in [1.165, 1.54) is 17.5 Å². The van der Waals surface area contributed by atoms with E-state index < -0.39 is 0 Å². The molecule has 138 valence electrons. The minimum atomic E-state index is -0.0307. The third-order valence-electron chi connectivity index (χ3n) is 5.65. The molecular weight excluding hydrogens is 336 g/mol. The molecular formula is C22H24N4O. The van der Waals surface area contributed by atoms with Crippen LogP contribution in [0.15, 0.2) is 61.2 Å². The summed E-state index contributed by atoms with van der Waals surface area (Å²) in [4.78, 5) is 19.1. The fourth-order valence-corrected chi connectivity index (χ4v) is 3.92. The highest BCUT2D eigenvalue weighted by atomic mass is 16.2. The van der Waals surface area contributed by atoms with Crippen LogP contribution in [0.25, 0.3) is 5.69 Å². The number of carbonyl (C=O) groups is 1. The highest BCUT2D eigenvalue weighted by molar-refractivity contribution is 5.84. The van der Waals surface area contributed by atoms with Crippen molar-refractivity contribution in [1.29, 1.82) is 0 Å². The molecule has 0 saturated heterocycles. The molecule has 0 N–H and O–H groups in total. The number of carbonyl (C=O) groups excluding carboxylic acids is 1. The smallest absolute Gasteiger partial charge is 0.230 e. The van der Waals surface area contributed by atoms with Crippen molar-refractivity contribution in [3.8, 4) is 5.69 Å². The Morgan fingerprint density at radius 3 is 2.70 bits per heavy atom. The Hall–Kier alpha value is -2.95. The van der Waals surface area contributed by atoms with Gasteiger partial charge in [0, 0.05) is 7.05 Å². The lowest BCUT2D eigenvalue weighted by Gasteiger charge is -2.32. The number of fused-ring (bicyclic) bond motifs is 1. The standard InChI is InChI=1S/C22H24N4O/c1-16(17-10-12-19(13-11-17)26-15-23-14-24-26)25(2)22(27)21-9-5-7-18-6-3-4-8-20(18)21/h3-4,6,8,10-16,21H,5,7,9H2,1-2H3. The molecule has 0 fully saturated rings. The molecule has 2 aromatic carbocycles. The molecule has 4 rings (SSSR count). The van der Waals surface area contributed by atoms with Crippen LogP contribution < -0.4 is 0 Å². The fourth-order valence-electron chi connectivity index (χ4n) is 3.92. The first-order valence-electron chi connectivity index (χ1n) is 9.44. The Morgan fingerprint density at radius 2 is 1.96 bits per heavy atom. The maximum atomic E-state index is 13.2. The van der Waals surface area contributed by atoms with Crippen molar-refractivity contribution in [3.63, 3.8) is 0 Å².